The van der Waals surface area contributed by atoms with Crippen LogP contribution in [0.4, 0.5) is 4.39 Å². The highest BCUT2D eigenvalue weighted by Gasteiger charge is 2.39. The lowest BCUT2D eigenvalue weighted by Crippen LogP contribution is -2.32. The minimum absolute atomic E-state index is 0.138. The van der Waals surface area contributed by atoms with E-state index in [0.29, 0.717) is 18.4 Å². The molecular weight excluding hydrogens is 223 g/mol. The molecule has 0 amide bonds. The number of hydrogen-bond acceptors (Lipinski definition) is 3. The number of halogens is 1. The van der Waals surface area contributed by atoms with Crippen molar-refractivity contribution in [1.29, 1.82) is 0 Å². The van der Waals surface area contributed by atoms with Gasteiger partial charge in [-0.25, -0.2) is 4.39 Å². The van der Waals surface area contributed by atoms with E-state index < -0.39 is 17.5 Å². The Balaban J connectivity index is 2.25. The van der Waals surface area contributed by atoms with Crippen LogP contribution >= 0.6 is 0 Å². The third-order valence-corrected chi connectivity index (χ3v) is 3.47. The van der Waals surface area contributed by atoms with E-state index in [0.717, 1.165) is 12.8 Å². The normalized spacial score (nSPS) is 20.2. The molecule has 1 aromatic rings. The molecule has 1 aliphatic rings. The van der Waals surface area contributed by atoms with E-state index in [9.17, 15) is 14.6 Å². The lowest BCUT2D eigenvalue weighted by Gasteiger charge is -2.28. The third kappa shape index (κ3) is 2.28. The fourth-order valence-electron chi connectivity index (χ4n) is 2.42. The molecule has 2 rings (SSSR count). The molecule has 0 spiro atoms. The van der Waals surface area contributed by atoms with Gasteiger partial charge in [0.05, 0.1) is 12.7 Å². The predicted molar refractivity (Wildman–Crippen MR) is 61.3 cm³/mol. The minimum Gasteiger partial charge on any atom is -0.494 e. The second kappa shape index (κ2) is 4.63. The number of rotatable bonds is 3. The van der Waals surface area contributed by atoms with Gasteiger partial charge in [-0.3, -0.25) is 0 Å². The Morgan fingerprint density at radius 1 is 1.35 bits per heavy atom. The molecule has 1 saturated carbocycles. The van der Waals surface area contributed by atoms with Crippen LogP contribution in [0.25, 0.3) is 0 Å². The van der Waals surface area contributed by atoms with Gasteiger partial charge in [-0.15, -0.1) is 0 Å². The molecule has 1 fully saturated rings. The summed E-state index contributed by atoms with van der Waals surface area (Å²) in [5, 5.41) is 20.3. The Labute approximate surface area is 99.8 Å². The Morgan fingerprint density at radius 3 is 2.53 bits per heavy atom. The molecule has 1 aromatic carbocycles. The van der Waals surface area contributed by atoms with Crippen molar-refractivity contribution in [2.45, 2.75) is 37.4 Å². The Hall–Kier alpha value is -1.13. The molecule has 17 heavy (non-hydrogen) atoms. The summed E-state index contributed by atoms with van der Waals surface area (Å²) in [4.78, 5) is 0. The molecule has 0 bridgehead atoms. The van der Waals surface area contributed by atoms with E-state index in [2.05, 4.69) is 0 Å². The zero-order valence-electron chi connectivity index (χ0n) is 9.82. The summed E-state index contributed by atoms with van der Waals surface area (Å²) in [6.45, 7) is 0. The summed E-state index contributed by atoms with van der Waals surface area (Å²) in [6, 6.07) is 4.27. The van der Waals surface area contributed by atoms with Gasteiger partial charge in [-0.05, 0) is 30.5 Å². The van der Waals surface area contributed by atoms with Crippen molar-refractivity contribution >= 4 is 0 Å². The minimum atomic E-state index is -1.11. The van der Waals surface area contributed by atoms with Gasteiger partial charge >= 0.3 is 0 Å². The second-order valence-corrected chi connectivity index (χ2v) is 4.61. The summed E-state index contributed by atoms with van der Waals surface area (Å²) in [6.07, 6.45) is 1.87. The van der Waals surface area contributed by atoms with Gasteiger partial charge < -0.3 is 14.9 Å². The molecule has 1 atom stereocenters. The lowest BCUT2D eigenvalue weighted by atomic mass is 9.89. The molecule has 3 nitrogen and oxygen atoms in total. The van der Waals surface area contributed by atoms with E-state index in [-0.39, 0.29) is 5.75 Å². The fraction of sp³-hybridized carbons (Fsp3) is 0.538. The van der Waals surface area contributed by atoms with Crippen molar-refractivity contribution in [2.75, 3.05) is 7.11 Å². The van der Waals surface area contributed by atoms with Gasteiger partial charge in [-0.2, -0.15) is 0 Å². The number of hydrogen-bond donors (Lipinski definition) is 2. The number of ether oxygens (including phenoxy) is 1. The zero-order chi connectivity index (χ0) is 12.5. The van der Waals surface area contributed by atoms with Gasteiger partial charge in [-0.1, -0.05) is 18.9 Å². The molecule has 0 aromatic heterocycles. The summed E-state index contributed by atoms with van der Waals surface area (Å²) in [5.74, 6) is -0.384. The molecule has 2 N–H and O–H groups in total. The van der Waals surface area contributed by atoms with Crippen LogP contribution in [0.5, 0.6) is 5.75 Å². The largest absolute Gasteiger partial charge is 0.494 e. The molecule has 1 aliphatic carbocycles. The summed E-state index contributed by atoms with van der Waals surface area (Å²) in [7, 11) is 1.39. The summed E-state index contributed by atoms with van der Waals surface area (Å²) in [5.41, 5.74) is -0.714. The highest BCUT2D eigenvalue weighted by molar-refractivity contribution is 5.31. The van der Waals surface area contributed by atoms with Crippen LogP contribution in [0.2, 0.25) is 0 Å². The molecule has 0 aliphatic heterocycles. The van der Waals surface area contributed by atoms with Crippen molar-refractivity contribution in [2.24, 2.45) is 0 Å². The first-order chi connectivity index (χ1) is 8.07. The van der Waals surface area contributed by atoms with E-state index in [1.807, 2.05) is 0 Å². The first kappa shape index (κ1) is 12.3. The smallest absolute Gasteiger partial charge is 0.165 e. The van der Waals surface area contributed by atoms with Crippen molar-refractivity contribution < 1.29 is 19.3 Å². The number of methoxy groups -OCH3 is 1. The standard InChI is InChI=1S/C13H17FO3/c1-17-11-5-4-9(8-10(11)14)12(15)13(16)6-2-3-7-13/h4-5,8,12,15-16H,2-3,6-7H2,1H3. The number of aliphatic hydroxyl groups is 2. The molecular formula is C13H17FO3. The first-order valence-corrected chi connectivity index (χ1v) is 5.81. The van der Waals surface area contributed by atoms with Gasteiger partial charge in [0.15, 0.2) is 11.6 Å². The summed E-state index contributed by atoms with van der Waals surface area (Å²) >= 11 is 0. The average Bonchev–Trinajstić information content (AvgIpc) is 2.76. The second-order valence-electron chi connectivity index (χ2n) is 4.61. The van der Waals surface area contributed by atoms with Crippen LogP contribution in [0, 0.1) is 5.82 Å². The molecule has 0 radical (unpaired) electrons. The van der Waals surface area contributed by atoms with Gasteiger partial charge in [0.1, 0.15) is 6.10 Å². The van der Waals surface area contributed by atoms with Crippen LogP contribution in [0.1, 0.15) is 37.4 Å². The van der Waals surface area contributed by atoms with Crippen LogP contribution in [-0.2, 0) is 0 Å². The van der Waals surface area contributed by atoms with E-state index in [1.54, 1.807) is 6.07 Å². The highest BCUT2D eigenvalue weighted by Crippen LogP contribution is 2.40. The molecule has 1 unspecified atom stereocenters. The zero-order valence-corrected chi connectivity index (χ0v) is 9.82. The first-order valence-electron chi connectivity index (χ1n) is 5.81. The Kier molecular flexibility index (Phi) is 3.35. The Bertz CT molecular complexity index is 400. The van der Waals surface area contributed by atoms with E-state index in [4.69, 9.17) is 4.74 Å². The maximum absolute atomic E-state index is 13.5. The molecule has 0 heterocycles. The van der Waals surface area contributed by atoms with Crippen molar-refractivity contribution in [1.82, 2.24) is 0 Å². The van der Waals surface area contributed by atoms with Gasteiger partial charge in [0, 0.05) is 0 Å². The average molecular weight is 240 g/mol. The lowest BCUT2D eigenvalue weighted by molar-refractivity contribution is -0.0720. The van der Waals surface area contributed by atoms with E-state index >= 15 is 0 Å². The summed E-state index contributed by atoms with van der Waals surface area (Å²) < 4.78 is 18.3. The van der Waals surface area contributed by atoms with Crippen molar-refractivity contribution in [3.05, 3.63) is 29.6 Å². The third-order valence-electron chi connectivity index (χ3n) is 3.47. The van der Waals surface area contributed by atoms with Crippen molar-refractivity contribution in [3.8, 4) is 5.75 Å². The van der Waals surface area contributed by atoms with Crippen LogP contribution in [-0.4, -0.2) is 22.9 Å². The number of benzene rings is 1. The maximum Gasteiger partial charge on any atom is 0.165 e. The number of aliphatic hydroxyl groups excluding tert-OH is 1. The Morgan fingerprint density at radius 2 is 2.00 bits per heavy atom. The van der Waals surface area contributed by atoms with Gasteiger partial charge in [0.2, 0.25) is 0 Å². The monoisotopic (exact) mass is 240 g/mol. The quantitative estimate of drug-likeness (QED) is 0.851. The van der Waals surface area contributed by atoms with Gasteiger partial charge in [0.25, 0.3) is 0 Å². The van der Waals surface area contributed by atoms with Crippen molar-refractivity contribution in [3.63, 3.8) is 0 Å². The predicted octanol–water partition coefficient (Wildman–Crippen LogP) is 2.17. The molecule has 94 valence electrons. The van der Waals surface area contributed by atoms with Crippen LogP contribution in [0.15, 0.2) is 18.2 Å². The SMILES string of the molecule is COc1ccc(C(O)C2(O)CCCC2)cc1F. The topological polar surface area (TPSA) is 49.7 Å². The van der Waals surface area contributed by atoms with Crippen LogP contribution < -0.4 is 4.74 Å². The van der Waals surface area contributed by atoms with Crippen LogP contribution in [0.3, 0.4) is 0 Å². The van der Waals surface area contributed by atoms with E-state index in [1.165, 1.54) is 19.2 Å². The molecule has 4 heteroatoms. The highest BCUT2D eigenvalue weighted by atomic mass is 19.1. The molecule has 0 saturated heterocycles. The fourth-order valence-corrected chi connectivity index (χ4v) is 2.42. The maximum atomic E-state index is 13.5.